The number of methoxy groups -OCH3 is 1. The first kappa shape index (κ1) is 17.7. The van der Waals surface area contributed by atoms with Crippen molar-refractivity contribution in [2.45, 2.75) is 27.2 Å². The Bertz CT molecular complexity index is 604. The van der Waals surface area contributed by atoms with E-state index in [4.69, 9.17) is 9.73 Å². The highest BCUT2D eigenvalue weighted by atomic mass is 16.5. The summed E-state index contributed by atoms with van der Waals surface area (Å²) in [5.41, 5.74) is 3.98. The van der Waals surface area contributed by atoms with Gasteiger partial charge in [-0.05, 0) is 19.1 Å². The van der Waals surface area contributed by atoms with Crippen molar-refractivity contribution >= 4 is 11.4 Å². The number of hydrogen-bond acceptors (Lipinski definition) is 2. The fourth-order valence-electron chi connectivity index (χ4n) is 1.95. The van der Waals surface area contributed by atoms with Crippen LogP contribution in [0.3, 0.4) is 0 Å². The summed E-state index contributed by atoms with van der Waals surface area (Å²) in [6.45, 7) is 9.92. The molecule has 0 radical (unpaired) electrons. The lowest BCUT2D eigenvalue weighted by Gasteiger charge is -2.09. The summed E-state index contributed by atoms with van der Waals surface area (Å²) in [5, 5.41) is 0. The van der Waals surface area contributed by atoms with Crippen molar-refractivity contribution in [1.82, 2.24) is 0 Å². The quantitative estimate of drug-likeness (QED) is 0.666. The molecule has 0 atom stereocenters. The van der Waals surface area contributed by atoms with Gasteiger partial charge in [0.05, 0.1) is 12.8 Å². The summed E-state index contributed by atoms with van der Waals surface area (Å²) in [6.07, 6.45) is 8.80. The van der Waals surface area contributed by atoms with Gasteiger partial charge >= 0.3 is 0 Å². The Labute approximate surface area is 134 Å². The van der Waals surface area contributed by atoms with E-state index in [0.717, 1.165) is 34.7 Å². The number of nitrogens with zero attached hydrogens (tertiary/aromatic N) is 1. The lowest BCUT2D eigenvalue weighted by Crippen LogP contribution is -2.00. The molecular formula is C20H25NO. The van der Waals surface area contributed by atoms with Gasteiger partial charge in [-0.2, -0.15) is 0 Å². The molecule has 0 fully saturated rings. The van der Waals surface area contributed by atoms with Crippen LogP contribution in [0.25, 0.3) is 5.70 Å². The van der Waals surface area contributed by atoms with E-state index in [2.05, 4.69) is 24.8 Å². The Hall–Kier alpha value is -2.35. The van der Waals surface area contributed by atoms with Gasteiger partial charge in [-0.3, -0.25) is 4.99 Å². The lowest BCUT2D eigenvalue weighted by molar-refractivity contribution is 0.307. The van der Waals surface area contributed by atoms with Crippen LogP contribution in [-0.2, 0) is 4.74 Å². The molecule has 0 spiro atoms. The van der Waals surface area contributed by atoms with Gasteiger partial charge in [-0.25, -0.2) is 0 Å². The van der Waals surface area contributed by atoms with E-state index in [1.54, 1.807) is 7.11 Å². The minimum Gasteiger partial charge on any atom is -0.497 e. The summed E-state index contributed by atoms with van der Waals surface area (Å²) in [7, 11) is 1.67. The highest BCUT2D eigenvalue weighted by Gasteiger charge is 2.06. The second-order valence-corrected chi connectivity index (χ2v) is 4.70. The van der Waals surface area contributed by atoms with E-state index in [1.165, 1.54) is 0 Å². The van der Waals surface area contributed by atoms with Gasteiger partial charge in [-0.1, -0.05) is 62.4 Å². The highest BCUT2D eigenvalue weighted by Crippen LogP contribution is 2.20. The molecule has 0 bridgehead atoms. The summed E-state index contributed by atoms with van der Waals surface area (Å²) in [5.74, 6) is 0.831. The molecule has 1 aromatic rings. The van der Waals surface area contributed by atoms with Crippen LogP contribution in [-0.4, -0.2) is 12.8 Å². The van der Waals surface area contributed by atoms with Crippen LogP contribution in [0.5, 0.6) is 0 Å². The van der Waals surface area contributed by atoms with Gasteiger partial charge in [0.2, 0.25) is 0 Å². The smallest absolute Gasteiger partial charge is 0.120 e. The number of rotatable bonds is 4. The zero-order valence-corrected chi connectivity index (χ0v) is 14.0. The Balaban J connectivity index is 0.00000116. The maximum atomic E-state index is 5.25. The molecule has 0 heterocycles. The average Bonchev–Trinajstić information content (AvgIpc) is 2.57. The predicted molar refractivity (Wildman–Crippen MR) is 96.9 cm³/mol. The Morgan fingerprint density at radius 2 is 1.91 bits per heavy atom. The molecule has 0 unspecified atom stereocenters. The first-order valence-corrected chi connectivity index (χ1v) is 7.61. The SMILES string of the molecule is C=C(C)/C=C(\N=C1C=C(OC)C=CC1)c1ccccc1.CC. The summed E-state index contributed by atoms with van der Waals surface area (Å²) in [4.78, 5) is 4.75. The molecule has 0 amide bonds. The van der Waals surface area contributed by atoms with E-state index in [1.807, 2.05) is 57.2 Å². The van der Waals surface area contributed by atoms with Gasteiger partial charge in [0.1, 0.15) is 5.76 Å². The largest absolute Gasteiger partial charge is 0.497 e. The number of benzene rings is 1. The maximum Gasteiger partial charge on any atom is 0.120 e. The molecule has 0 aliphatic heterocycles. The normalized spacial score (nSPS) is 15.7. The third kappa shape index (κ3) is 5.57. The van der Waals surface area contributed by atoms with Crippen molar-refractivity contribution in [3.05, 3.63) is 78.1 Å². The number of aliphatic imine (C=N–C) groups is 1. The van der Waals surface area contributed by atoms with E-state index < -0.39 is 0 Å². The fourth-order valence-corrected chi connectivity index (χ4v) is 1.95. The van der Waals surface area contributed by atoms with Crippen molar-refractivity contribution in [3.63, 3.8) is 0 Å². The summed E-state index contributed by atoms with van der Waals surface area (Å²) in [6, 6.07) is 10.1. The first-order valence-electron chi connectivity index (χ1n) is 7.61. The average molecular weight is 295 g/mol. The molecule has 1 aliphatic rings. The predicted octanol–water partition coefficient (Wildman–Crippen LogP) is 5.56. The van der Waals surface area contributed by atoms with Crippen LogP contribution in [0.4, 0.5) is 0 Å². The third-order valence-electron chi connectivity index (χ3n) is 2.87. The Morgan fingerprint density at radius 3 is 2.50 bits per heavy atom. The molecule has 2 nitrogen and oxygen atoms in total. The van der Waals surface area contributed by atoms with E-state index in [-0.39, 0.29) is 0 Å². The van der Waals surface area contributed by atoms with Crippen molar-refractivity contribution in [2.75, 3.05) is 7.11 Å². The third-order valence-corrected chi connectivity index (χ3v) is 2.87. The van der Waals surface area contributed by atoms with E-state index >= 15 is 0 Å². The van der Waals surface area contributed by atoms with Crippen molar-refractivity contribution < 1.29 is 4.74 Å². The topological polar surface area (TPSA) is 21.6 Å². The van der Waals surface area contributed by atoms with Gasteiger partial charge in [0.25, 0.3) is 0 Å². The monoisotopic (exact) mass is 295 g/mol. The van der Waals surface area contributed by atoms with Crippen LogP contribution in [0.2, 0.25) is 0 Å². The maximum absolute atomic E-state index is 5.25. The minimum absolute atomic E-state index is 0.813. The second-order valence-electron chi connectivity index (χ2n) is 4.70. The minimum atomic E-state index is 0.813. The van der Waals surface area contributed by atoms with Crippen LogP contribution in [0.15, 0.2) is 77.5 Å². The van der Waals surface area contributed by atoms with Crippen LogP contribution >= 0.6 is 0 Å². The van der Waals surface area contributed by atoms with Gasteiger partial charge in [0.15, 0.2) is 0 Å². The van der Waals surface area contributed by atoms with Gasteiger partial charge < -0.3 is 4.74 Å². The second kappa shape index (κ2) is 9.56. The molecule has 2 heteroatoms. The zero-order valence-electron chi connectivity index (χ0n) is 14.0. The molecule has 0 N–H and O–H groups in total. The fraction of sp³-hybridized carbons (Fsp3) is 0.250. The van der Waals surface area contributed by atoms with Gasteiger partial charge in [-0.15, -0.1) is 0 Å². The van der Waals surface area contributed by atoms with Crippen LogP contribution in [0.1, 0.15) is 32.8 Å². The van der Waals surface area contributed by atoms with Crippen LogP contribution in [0, 0.1) is 0 Å². The van der Waals surface area contributed by atoms with E-state index in [9.17, 15) is 0 Å². The molecule has 22 heavy (non-hydrogen) atoms. The standard InChI is InChI=1S/C18H19NO.C2H6/c1-14(2)12-18(15-8-5-4-6-9-15)19-16-10-7-11-17(13-16)20-3;1-2/h4-9,11-13H,1,10H2,2-3H3;1-2H3/b18-12-,19-16?;. The lowest BCUT2D eigenvalue weighted by atomic mass is 10.1. The molecule has 0 saturated carbocycles. The summed E-state index contributed by atoms with van der Waals surface area (Å²) < 4.78 is 5.25. The van der Waals surface area contributed by atoms with Crippen molar-refractivity contribution in [1.29, 1.82) is 0 Å². The highest BCUT2D eigenvalue weighted by molar-refractivity contribution is 6.01. The Morgan fingerprint density at radius 1 is 1.23 bits per heavy atom. The van der Waals surface area contributed by atoms with Gasteiger partial charge in [0, 0.05) is 23.8 Å². The number of hydrogen-bond donors (Lipinski definition) is 0. The summed E-state index contributed by atoms with van der Waals surface area (Å²) >= 11 is 0. The molecular weight excluding hydrogens is 270 g/mol. The number of ether oxygens (including phenoxy) is 1. The molecule has 116 valence electrons. The van der Waals surface area contributed by atoms with Crippen LogP contribution < -0.4 is 0 Å². The first-order chi connectivity index (χ1) is 10.7. The van der Waals surface area contributed by atoms with E-state index in [0.29, 0.717) is 0 Å². The molecule has 1 aromatic carbocycles. The number of allylic oxidation sites excluding steroid dienone is 5. The Kier molecular flexibility index (Phi) is 7.69. The zero-order chi connectivity index (χ0) is 16.4. The molecule has 1 aliphatic carbocycles. The molecule has 2 rings (SSSR count). The van der Waals surface area contributed by atoms with Crippen molar-refractivity contribution in [2.24, 2.45) is 4.99 Å². The van der Waals surface area contributed by atoms with Crippen molar-refractivity contribution in [3.8, 4) is 0 Å². The molecule has 0 saturated heterocycles. The molecule has 0 aromatic heterocycles.